The van der Waals surface area contributed by atoms with Gasteiger partial charge in [-0.2, -0.15) is 0 Å². The van der Waals surface area contributed by atoms with E-state index in [1.807, 2.05) is 35.8 Å². The molecule has 0 aliphatic carbocycles. The molecule has 2 aromatic rings. The number of aromatic nitrogens is 2. The van der Waals surface area contributed by atoms with Crippen molar-refractivity contribution in [2.45, 2.75) is 32.9 Å². The average Bonchev–Trinajstić information content (AvgIpc) is 2.56. The lowest BCUT2D eigenvalue weighted by Gasteiger charge is -2.19. The van der Waals surface area contributed by atoms with Crippen LogP contribution in [0.25, 0.3) is 11.0 Å². The molecule has 0 spiro atoms. The second kappa shape index (κ2) is 4.00. The summed E-state index contributed by atoms with van der Waals surface area (Å²) in [7, 11) is 0. The van der Waals surface area contributed by atoms with E-state index in [2.05, 4.69) is 11.6 Å². The van der Waals surface area contributed by atoms with Crippen LogP contribution in [0.5, 0.6) is 0 Å². The first-order chi connectivity index (χ1) is 7.89. The van der Waals surface area contributed by atoms with E-state index < -0.39 is 5.60 Å². The number of nitrogens with zero attached hydrogens (tertiary/aromatic N) is 2. The summed E-state index contributed by atoms with van der Waals surface area (Å²) in [5.74, 6) is 0.682. The molecule has 17 heavy (non-hydrogen) atoms. The number of rotatable bonds is 3. The van der Waals surface area contributed by atoms with E-state index in [0.717, 1.165) is 16.6 Å². The molecule has 2 rings (SSSR count). The molecule has 0 unspecified atom stereocenters. The van der Waals surface area contributed by atoms with Crippen LogP contribution in [0.1, 0.15) is 26.6 Å². The van der Waals surface area contributed by atoms with E-state index in [0.29, 0.717) is 12.4 Å². The van der Waals surface area contributed by atoms with Crippen molar-refractivity contribution >= 4 is 11.0 Å². The van der Waals surface area contributed by atoms with E-state index in [-0.39, 0.29) is 0 Å². The van der Waals surface area contributed by atoms with Crippen LogP contribution in [0, 0.1) is 0 Å². The molecule has 1 N–H and O–H groups in total. The third-order valence-corrected chi connectivity index (χ3v) is 2.63. The van der Waals surface area contributed by atoms with Crippen LogP contribution >= 0.6 is 0 Å². The van der Waals surface area contributed by atoms with Crippen LogP contribution in [-0.4, -0.2) is 14.7 Å². The lowest BCUT2D eigenvalue weighted by Crippen LogP contribution is -2.22. The first-order valence-corrected chi connectivity index (χ1v) is 5.72. The Hall–Kier alpha value is -1.61. The molecule has 3 heteroatoms. The smallest absolute Gasteiger partial charge is 0.141 e. The van der Waals surface area contributed by atoms with E-state index in [1.54, 1.807) is 13.8 Å². The normalized spacial score (nSPS) is 12.0. The van der Waals surface area contributed by atoms with E-state index in [1.165, 1.54) is 0 Å². The topological polar surface area (TPSA) is 38.0 Å². The highest BCUT2D eigenvalue weighted by molar-refractivity contribution is 5.76. The molecule has 0 saturated carbocycles. The van der Waals surface area contributed by atoms with Gasteiger partial charge in [-0.3, -0.25) is 0 Å². The molecule has 0 saturated heterocycles. The minimum atomic E-state index is -0.950. The molecule has 1 aromatic heterocycles. The van der Waals surface area contributed by atoms with Crippen molar-refractivity contribution in [3.05, 3.63) is 42.2 Å². The SMILES string of the molecule is C=C(C)Cn1c(C(C)(C)O)nc2ccccc21. The maximum absolute atomic E-state index is 10.2. The zero-order valence-corrected chi connectivity index (χ0v) is 10.6. The Balaban J connectivity index is 2.69. The van der Waals surface area contributed by atoms with Crippen LogP contribution < -0.4 is 0 Å². The highest BCUT2D eigenvalue weighted by Crippen LogP contribution is 2.25. The number of imidazole rings is 1. The van der Waals surface area contributed by atoms with E-state index in [4.69, 9.17) is 0 Å². The Kier molecular flexibility index (Phi) is 2.79. The Bertz CT molecular complexity index is 561. The van der Waals surface area contributed by atoms with Gasteiger partial charge in [-0.1, -0.05) is 24.3 Å². The minimum Gasteiger partial charge on any atom is -0.383 e. The molecular weight excluding hydrogens is 212 g/mol. The number of para-hydroxylation sites is 2. The average molecular weight is 230 g/mol. The molecule has 3 nitrogen and oxygen atoms in total. The van der Waals surface area contributed by atoms with Crippen LogP contribution in [0.4, 0.5) is 0 Å². The van der Waals surface area contributed by atoms with Crippen LogP contribution in [0.15, 0.2) is 36.4 Å². The molecule has 0 radical (unpaired) electrons. The van der Waals surface area contributed by atoms with Gasteiger partial charge < -0.3 is 9.67 Å². The Morgan fingerprint density at radius 3 is 2.65 bits per heavy atom. The molecule has 0 aliphatic heterocycles. The fraction of sp³-hybridized carbons (Fsp3) is 0.357. The fourth-order valence-corrected chi connectivity index (χ4v) is 1.97. The quantitative estimate of drug-likeness (QED) is 0.823. The first-order valence-electron chi connectivity index (χ1n) is 5.72. The monoisotopic (exact) mass is 230 g/mol. The summed E-state index contributed by atoms with van der Waals surface area (Å²) in [6, 6.07) is 7.90. The zero-order chi connectivity index (χ0) is 12.6. The first kappa shape index (κ1) is 11.9. The molecule has 90 valence electrons. The van der Waals surface area contributed by atoms with Crippen LogP contribution in [0.2, 0.25) is 0 Å². The van der Waals surface area contributed by atoms with Crippen molar-refractivity contribution in [1.82, 2.24) is 9.55 Å². The molecule has 0 fully saturated rings. The second-order valence-electron chi connectivity index (χ2n) is 5.03. The lowest BCUT2D eigenvalue weighted by molar-refractivity contribution is 0.0657. The van der Waals surface area contributed by atoms with Gasteiger partial charge in [-0.15, -0.1) is 0 Å². The fourth-order valence-electron chi connectivity index (χ4n) is 1.97. The van der Waals surface area contributed by atoms with Crippen LogP contribution in [-0.2, 0) is 12.1 Å². The Morgan fingerprint density at radius 2 is 2.06 bits per heavy atom. The van der Waals surface area contributed by atoms with Crippen molar-refractivity contribution < 1.29 is 5.11 Å². The molecular formula is C14H18N2O. The van der Waals surface area contributed by atoms with Gasteiger partial charge in [0.2, 0.25) is 0 Å². The molecule has 0 bridgehead atoms. The number of hydrogen-bond donors (Lipinski definition) is 1. The second-order valence-corrected chi connectivity index (χ2v) is 5.03. The zero-order valence-electron chi connectivity index (χ0n) is 10.6. The summed E-state index contributed by atoms with van der Waals surface area (Å²) < 4.78 is 2.03. The number of allylic oxidation sites excluding steroid dienone is 1. The van der Waals surface area contributed by atoms with Gasteiger partial charge in [0.1, 0.15) is 11.4 Å². The summed E-state index contributed by atoms with van der Waals surface area (Å²) in [5, 5.41) is 10.2. The van der Waals surface area contributed by atoms with Crippen molar-refractivity contribution in [2.24, 2.45) is 0 Å². The third kappa shape index (κ3) is 2.24. The summed E-state index contributed by atoms with van der Waals surface area (Å²) in [6.07, 6.45) is 0. The summed E-state index contributed by atoms with van der Waals surface area (Å²) in [6.45, 7) is 10.1. The van der Waals surface area contributed by atoms with Crippen LogP contribution in [0.3, 0.4) is 0 Å². The van der Waals surface area contributed by atoms with Gasteiger partial charge in [0, 0.05) is 6.54 Å². The minimum absolute atomic E-state index is 0.680. The maximum Gasteiger partial charge on any atom is 0.141 e. The van der Waals surface area contributed by atoms with Gasteiger partial charge in [-0.05, 0) is 32.9 Å². The summed E-state index contributed by atoms with van der Waals surface area (Å²) in [5.41, 5.74) is 2.03. The van der Waals surface area contributed by atoms with Gasteiger partial charge in [-0.25, -0.2) is 4.98 Å². The predicted molar refractivity (Wildman–Crippen MR) is 69.8 cm³/mol. The van der Waals surface area contributed by atoms with Crippen molar-refractivity contribution in [2.75, 3.05) is 0 Å². The van der Waals surface area contributed by atoms with E-state index >= 15 is 0 Å². The summed E-state index contributed by atoms with van der Waals surface area (Å²) >= 11 is 0. The predicted octanol–water partition coefficient (Wildman–Crippen LogP) is 2.84. The summed E-state index contributed by atoms with van der Waals surface area (Å²) in [4.78, 5) is 4.51. The number of aliphatic hydroxyl groups is 1. The highest BCUT2D eigenvalue weighted by Gasteiger charge is 2.24. The lowest BCUT2D eigenvalue weighted by atomic mass is 10.1. The molecule has 0 aliphatic rings. The van der Waals surface area contributed by atoms with Crippen molar-refractivity contribution in [3.63, 3.8) is 0 Å². The van der Waals surface area contributed by atoms with Gasteiger partial charge in [0.25, 0.3) is 0 Å². The van der Waals surface area contributed by atoms with Crippen molar-refractivity contribution in [1.29, 1.82) is 0 Å². The number of hydrogen-bond acceptors (Lipinski definition) is 2. The molecule has 1 aromatic carbocycles. The standard InChI is InChI=1S/C14H18N2O/c1-10(2)9-16-12-8-6-5-7-11(12)15-13(16)14(3,4)17/h5-8,17H,1,9H2,2-4H3. The maximum atomic E-state index is 10.2. The molecule has 0 amide bonds. The van der Waals surface area contributed by atoms with Gasteiger partial charge >= 0.3 is 0 Å². The largest absolute Gasteiger partial charge is 0.383 e. The van der Waals surface area contributed by atoms with Crippen molar-refractivity contribution in [3.8, 4) is 0 Å². The molecule has 1 heterocycles. The number of fused-ring (bicyclic) bond motifs is 1. The third-order valence-electron chi connectivity index (χ3n) is 2.63. The van der Waals surface area contributed by atoms with Gasteiger partial charge in [0.05, 0.1) is 11.0 Å². The van der Waals surface area contributed by atoms with Gasteiger partial charge in [0.15, 0.2) is 0 Å². The highest BCUT2D eigenvalue weighted by atomic mass is 16.3. The number of benzene rings is 1. The molecule has 0 atom stereocenters. The Morgan fingerprint density at radius 1 is 1.41 bits per heavy atom. The van der Waals surface area contributed by atoms with E-state index in [9.17, 15) is 5.11 Å². The Labute approximate surface area is 101 Å².